The number of aromatic nitrogens is 2. The molecule has 0 saturated carbocycles. The Labute approximate surface area is 481 Å². The van der Waals surface area contributed by atoms with Crippen molar-refractivity contribution >= 4 is 44.9 Å². The molecule has 4 aromatic heterocycles. The van der Waals surface area contributed by atoms with Crippen LogP contribution < -0.4 is 0 Å². The third-order valence-corrected chi connectivity index (χ3v) is 19.6. The number of unbranched alkanes of at least 4 members (excludes halogenated alkanes) is 20. The monoisotopic (exact) mass is 1090 g/mol. The molecule has 0 atom stereocenters. The van der Waals surface area contributed by atoms with E-state index >= 15 is 0 Å². The van der Waals surface area contributed by atoms with E-state index in [1.54, 1.807) is 22.5 Å². The molecule has 414 valence electrons. The number of hydrogen-bond donors (Lipinski definition) is 0. The summed E-state index contributed by atoms with van der Waals surface area (Å²) in [4.78, 5) is 15.2. The van der Waals surface area contributed by atoms with Crippen LogP contribution in [0.3, 0.4) is 0 Å². The summed E-state index contributed by atoms with van der Waals surface area (Å²) >= 11 is 3.66. The predicted octanol–water partition coefficient (Wildman–Crippen LogP) is 24.0. The number of oxazole rings is 2. The molecular formula is C73H88N2O2S2. The Kier molecular flexibility index (Phi) is 20.3. The maximum Gasteiger partial charge on any atom is 0.237 e. The second kappa shape index (κ2) is 28.2. The van der Waals surface area contributed by atoms with Crippen molar-refractivity contribution in [3.8, 4) is 64.7 Å². The van der Waals surface area contributed by atoms with Gasteiger partial charge in [0.15, 0.2) is 11.2 Å². The first-order chi connectivity index (χ1) is 39.0. The molecule has 5 aromatic carbocycles. The van der Waals surface area contributed by atoms with Crippen molar-refractivity contribution in [3.05, 3.63) is 144 Å². The minimum atomic E-state index is -0.0326. The lowest BCUT2D eigenvalue weighted by atomic mass is 9.70. The third kappa shape index (κ3) is 13.6. The molecule has 9 aromatic rings. The minimum Gasteiger partial charge on any atom is -0.435 e. The number of benzene rings is 5. The van der Waals surface area contributed by atoms with Crippen LogP contribution in [0.5, 0.6) is 0 Å². The van der Waals surface area contributed by atoms with Crippen LogP contribution in [0.1, 0.15) is 217 Å². The van der Waals surface area contributed by atoms with Crippen LogP contribution in [-0.4, -0.2) is 9.97 Å². The molecule has 1 aliphatic rings. The summed E-state index contributed by atoms with van der Waals surface area (Å²) in [6.07, 6.45) is 35.5. The lowest BCUT2D eigenvalue weighted by Gasteiger charge is -2.33. The van der Waals surface area contributed by atoms with Crippen molar-refractivity contribution < 1.29 is 8.83 Å². The molecule has 0 spiro atoms. The van der Waals surface area contributed by atoms with E-state index < -0.39 is 0 Å². The number of nitrogens with zero attached hydrogens (tertiary/aromatic N) is 2. The van der Waals surface area contributed by atoms with Crippen molar-refractivity contribution in [2.24, 2.45) is 0 Å². The SMILES string of the molecule is CCCCCCCCc1cc(-c2nc3cc4oc(-c5cc(CCCCCCCC)c(-c6ccc7c(c6)C(CCCCCCCC)(CCCCCCCC)c6cc(-c8ccccc8)ccc6-7)s5)nc4cc3o2)sc1-c1ccccc1. The van der Waals surface area contributed by atoms with Gasteiger partial charge < -0.3 is 8.83 Å². The molecule has 0 aliphatic heterocycles. The van der Waals surface area contributed by atoms with Crippen LogP contribution >= 0.6 is 22.7 Å². The summed E-state index contributed by atoms with van der Waals surface area (Å²) in [5, 5.41) is 0. The van der Waals surface area contributed by atoms with E-state index in [9.17, 15) is 0 Å². The minimum absolute atomic E-state index is 0.0326. The van der Waals surface area contributed by atoms with Gasteiger partial charge >= 0.3 is 0 Å². The number of rotatable bonds is 33. The summed E-state index contributed by atoms with van der Waals surface area (Å²) in [7, 11) is 0. The van der Waals surface area contributed by atoms with Crippen molar-refractivity contribution in [1.82, 2.24) is 9.97 Å². The van der Waals surface area contributed by atoms with Crippen LogP contribution in [0.15, 0.2) is 130 Å². The number of thiophene rings is 2. The smallest absolute Gasteiger partial charge is 0.237 e. The lowest BCUT2D eigenvalue weighted by Crippen LogP contribution is -2.25. The fraction of sp³-hybridized carbons (Fsp3) is 0.452. The van der Waals surface area contributed by atoms with E-state index in [2.05, 4.69) is 137 Å². The van der Waals surface area contributed by atoms with Crippen LogP contribution in [0.2, 0.25) is 0 Å². The average molecular weight is 1090 g/mol. The molecule has 0 N–H and O–H groups in total. The second-order valence-corrected chi connectivity index (χ2v) is 25.3. The first-order valence-electron chi connectivity index (χ1n) is 31.4. The zero-order valence-corrected chi connectivity index (χ0v) is 50.0. The average Bonchev–Trinajstić information content (AvgIpc) is 4.50. The van der Waals surface area contributed by atoms with E-state index in [4.69, 9.17) is 18.8 Å². The molecule has 0 amide bonds. The molecule has 1 aliphatic carbocycles. The Morgan fingerprint density at radius 1 is 0.367 bits per heavy atom. The van der Waals surface area contributed by atoms with Gasteiger partial charge in [-0.15, -0.1) is 22.7 Å². The van der Waals surface area contributed by atoms with E-state index in [0.29, 0.717) is 11.8 Å². The molecule has 0 unspecified atom stereocenters. The fourth-order valence-electron chi connectivity index (χ4n) is 12.8. The van der Waals surface area contributed by atoms with Crippen LogP contribution in [-0.2, 0) is 18.3 Å². The molecular weight excluding hydrogens is 1000 g/mol. The Morgan fingerprint density at radius 2 is 0.759 bits per heavy atom. The maximum absolute atomic E-state index is 6.79. The van der Waals surface area contributed by atoms with Gasteiger partial charge in [-0.1, -0.05) is 254 Å². The van der Waals surface area contributed by atoms with Crippen LogP contribution in [0.4, 0.5) is 0 Å². The summed E-state index contributed by atoms with van der Waals surface area (Å²) in [5.41, 5.74) is 17.1. The lowest BCUT2D eigenvalue weighted by molar-refractivity contribution is 0.398. The zero-order chi connectivity index (χ0) is 54.2. The highest BCUT2D eigenvalue weighted by Crippen LogP contribution is 2.56. The Morgan fingerprint density at radius 3 is 1.23 bits per heavy atom. The first kappa shape index (κ1) is 56.7. The van der Waals surface area contributed by atoms with Gasteiger partial charge in [-0.2, -0.15) is 0 Å². The van der Waals surface area contributed by atoms with E-state index in [1.807, 2.05) is 23.5 Å². The van der Waals surface area contributed by atoms with Gasteiger partial charge in [0.05, 0.1) is 9.75 Å². The van der Waals surface area contributed by atoms with Gasteiger partial charge in [0.2, 0.25) is 11.8 Å². The van der Waals surface area contributed by atoms with Gasteiger partial charge in [-0.3, -0.25) is 0 Å². The van der Waals surface area contributed by atoms with Gasteiger partial charge in [0.1, 0.15) is 11.0 Å². The Balaban J connectivity index is 0.987. The Bertz CT molecular complexity index is 3250. The fourth-order valence-corrected chi connectivity index (χ4v) is 15.1. The largest absolute Gasteiger partial charge is 0.435 e. The summed E-state index contributed by atoms with van der Waals surface area (Å²) in [6.45, 7) is 9.25. The molecule has 4 nitrogen and oxygen atoms in total. The molecule has 79 heavy (non-hydrogen) atoms. The maximum atomic E-state index is 6.79. The predicted molar refractivity (Wildman–Crippen MR) is 341 cm³/mol. The number of aryl methyl sites for hydroxylation is 2. The van der Waals surface area contributed by atoms with E-state index in [0.717, 1.165) is 44.8 Å². The zero-order valence-electron chi connectivity index (χ0n) is 48.4. The summed E-state index contributed by atoms with van der Waals surface area (Å²) in [5.74, 6) is 1.34. The molecule has 0 fully saturated rings. The molecule has 6 heteroatoms. The molecule has 0 saturated heterocycles. The van der Waals surface area contributed by atoms with Gasteiger partial charge in [-0.05, 0) is 118 Å². The van der Waals surface area contributed by atoms with Gasteiger partial charge in [-0.25, -0.2) is 9.97 Å². The van der Waals surface area contributed by atoms with Crippen molar-refractivity contribution in [1.29, 1.82) is 0 Å². The van der Waals surface area contributed by atoms with Crippen molar-refractivity contribution in [2.75, 3.05) is 0 Å². The van der Waals surface area contributed by atoms with Crippen molar-refractivity contribution in [2.45, 2.75) is 213 Å². The summed E-state index contributed by atoms with van der Waals surface area (Å²) < 4.78 is 13.4. The molecule has 10 rings (SSSR count). The highest BCUT2D eigenvalue weighted by molar-refractivity contribution is 7.19. The highest BCUT2D eigenvalue weighted by Gasteiger charge is 2.43. The van der Waals surface area contributed by atoms with Gasteiger partial charge in [0, 0.05) is 27.3 Å². The summed E-state index contributed by atoms with van der Waals surface area (Å²) in [6, 6.07) is 45.8. The second-order valence-electron chi connectivity index (χ2n) is 23.2. The molecule has 0 radical (unpaired) electrons. The van der Waals surface area contributed by atoms with Gasteiger partial charge in [0.25, 0.3) is 0 Å². The van der Waals surface area contributed by atoms with Crippen LogP contribution in [0.25, 0.3) is 86.9 Å². The quantitative estimate of drug-likeness (QED) is 0.0385. The van der Waals surface area contributed by atoms with E-state index in [-0.39, 0.29) is 5.41 Å². The normalized spacial score (nSPS) is 12.8. The van der Waals surface area contributed by atoms with E-state index in [1.165, 1.54) is 221 Å². The number of fused-ring (bicyclic) bond motifs is 5. The first-order valence-corrected chi connectivity index (χ1v) is 33.0. The molecule has 4 heterocycles. The standard InChI is InChI=1S/C73H88N2O2S2/c1-5-9-13-17-21-27-39-56-49-67(78-69(56)54-37-31-26-32-38-54)71-74-63-51-66-64(52-65(63)76-71)75-72(77-66)68-50-57(40-28-22-18-14-10-6-2)70(79-68)58-42-44-60-59-43-41-55(53-35-29-25-30-36-53)47-61(59)73(62(60)48-58,45-33-23-19-15-11-7-3)46-34-24-20-16-12-8-4/h25-26,29-32,35-38,41-44,47-52H,5-24,27-28,33-34,39-40,45-46H2,1-4H3. The van der Waals surface area contributed by atoms with Crippen LogP contribution in [0, 0.1) is 0 Å². The third-order valence-electron chi connectivity index (χ3n) is 17.2. The molecule has 0 bridgehead atoms. The van der Waals surface area contributed by atoms with Crippen molar-refractivity contribution in [3.63, 3.8) is 0 Å². The number of hydrogen-bond acceptors (Lipinski definition) is 6. The Hall–Kier alpha value is -5.56. The topological polar surface area (TPSA) is 52.1 Å². The highest BCUT2D eigenvalue weighted by atomic mass is 32.1.